The van der Waals surface area contributed by atoms with E-state index in [1.807, 2.05) is 19.9 Å². The largest absolute Gasteiger partial charge is 0.481 e. The van der Waals surface area contributed by atoms with Gasteiger partial charge in [-0.2, -0.15) is 5.10 Å². The first-order valence-electron chi connectivity index (χ1n) is 6.75. The zero-order valence-electron chi connectivity index (χ0n) is 12.3. The average Bonchev–Trinajstić information content (AvgIpc) is 2.80. The minimum atomic E-state index is -0.472. The van der Waals surface area contributed by atoms with Gasteiger partial charge in [-0.05, 0) is 26.0 Å². The lowest BCUT2D eigenvalue weighted by atomic mass is 10.2. The third-order valence-electron chi connectivity index (χ3n) is 3.46. The minimum absolute atomic E-state index is 0.109. The molecule has 0 aliphatic carbocycles. The van der Waals surface area contributed by atoms with Gasteiger partial charge in [0.25, 0.3) is 5.91 Å². The van der Waals surface area contributed by atoms with Gasteiger partial charge in [-0.15, -0.1) is 6.42 Å². The van der Waals surface area contributed by atoms with Gasteiger partial charge in [-0.3, -0.25) is 9.69 Å². The Hall–Kier alpha value is -2.81. The number of halogens is 1. The van der Waals surface area contributed by atoms with E-state index in [1.54, 1.807) is 6.07 Å². The number of hydrogen-bond donors (Lipinski definition) is 0. The van der Waals surface area contributed by atoms with E-state index >= 15 is 0 Å². The fraction of sp³-hybridized carbons (Fsp3) is 0.250. The van der Waals surface area contributed by atoms with Crippen molar-refractivity contribution in [1.29, 1.82) is 0 Å². The molecule has 0 atom stereocenters. The normalized spacial score (nSPS) is 13.5. The summed E-state index contributed by atoms with van der Waals surface area (Å²) in [4.78, 5) is 13.4. The highest BCUT2D eigenvalue weighted by Gasteiger charge is 2.27. The first kappa shape index (κ1) is 14.1. The van der Waals surface area contributed by atoms with Crippen LogP contribution in [0.5, 0.6) is 5.75 Å². The first-order valence-corrected chi connectivity index (χ1v) is 6.75. The molecule has 6 heteroatoms. The van der Waals surface area contributed by atoms with Crippen molar-refractivity contribution in [3.8, 4) is 23.8 Å². The molecule has 0 unspecified atom stereocenters. The van der Waals surface area contributed by atoms with Crippen molar-refractivity contribution in [3.05, 3.63) is 35.4 Å². The Morgan fingerprint density at radius 2 is 2.14 bits per heavy atom. The Balaban J connectivity index is 2.17. The number of rotatable bonds is 2. The van der Waals surface area contributed by atoms with E-state index in [0.717, 1.165) is 11.4 Å². The van der Waals surface area contributed by atoms with Gasteiger partial charge in [-0.25, -0.2) is 9.07 Å². The van der Waals surface area contributed by atoms with Gasteiger partial charge in [0.1, 0.15) is 11.4 Å². The van der Waals surface area contributed by atoms with Crippen molar-refractivity contribution in [2.24, 2.45) is 0 Å². The smallest absolute Gasteiger partial charge is 0.265 e. The maximum Gasteiger partial charge on any atom is 0.265 e. The van der Waals surface area contributed by atoms with Crippen molar-refractivity contribution in [1.82, 2.24) is 9.78 Å². The van der Waals surface area contributed by atoms with Crippen molar-refractivity contribution < 1.29 is 13.9 Å². The molecule has 22 heavy (non-hydrogen) atoms. The highest BCUT2D eigenvalue weighted by molar-refractivity contribution is 5.98. The van der Waals surface area contributed by atoms with Crippen molar-refractivity contribution in [2.45, 2.75) is 13.8 Å². The van der Waals surface area contributed by atoms with Crippen LogP contribution in [0.25, 0.3) is 5.69 Å². The molecule has 3 rings (SSSR count). The molecule has 0 N–H and O–H groups in total. The van der Waals surface area contributed by atoms with Crippen LogP contribution in [0.2, 0.25) is 0 Å². The van der Waals surface area contributed by atoms with Gasteiger partial charge < -0.3 is 4.74 Å². The molecule has 2 aromatic rings. The summed E-state index contributed by atoms with van der Waals surface area (Å²) >= 11 is 0. The van der Waals surface area contributed by atoms with E-state index < -0.39 is 5.82 Å². The van der Waals surface area contributed by atoms with Crippen LogP contribution >= 0.6 is 0 Å². The minimum Gasteiger partial charge on any atom is -0.481 e. The summed E-state index contributed by atoms with van der Waals surface area (Å²) < 4.78 is 21.2. The van der Waals surface area contributed by atoms with Crippen LogP contribution in [0.1, 0.15) is 11.4 Å². The number of carbonyl (C=O) groups excluding carboxylic acids is 1. The number of terminal acetylenes is 1. The summed E-state index contributed by atoms with van der Waals surface area (Å²) in [5.74, 6) is 2.01. The second-order valence-corrected chi connectivity index (χ2v) is 5.08. The average molecular weight is 299 g/mol. The van der Waals surface area contributed by atoms with Crippen LogP contribution in [0.4, 0.5) is 10.1 Å². The zero-order valence-corrected chi connectivity index (χ0v) is 12.3. The summed E-state index contributed by atoms with van der Waals surface area (Å²) in [6.07, 6.45) is 5.31. The van der Waals surface area contributed by atoms with E-state index in [9.17, 15) is 9.18 Å². The summed E-state index contributed by atoms with van der Waals surface area (Å²) in [7, 11) is 0. The van der Waals surface area contributed by atoms with E-state index in [4.69, 9.17) is 11.2 Å². The lowest BCUT2D eigenvalue weighted by Gasteiger charge is -2.28. The molecule has 1 aromatic carbocycles. The van der Waals surface area contributed by atoms with E-state index in [2.05, 4.69) is 11.0 Å². The highest BCUT2D eigenvalue weighted by atomic mass is 19.1. The maximum absolute atomic E-state index is 14.4. The monoisotopic (exact) mass is 299 g/mol. The van der Waals surface area contributed by atoms with Crippen molar-refractivity contribution in [2.75, 3.05) is 18.1 Å². The van der Waals surface area contributed by atoms with Crippen LogP contribution in [-0.2, 0) is 4.79 Å². The van der Waals surface area contributed by atoms with E-state index in [0.29, 0.717) is 11.4 Å². The number of aromatic nitrogens is 2. The predicted molar refractivity (Wildman–Crippen MR) is 79.7 cm³/mol. The molecular weight excluding hydrogens is 285 g/mol. The fourth-order valence-corrected chi connectivity index (χ4v) is 2.51. The molecular formula is C16H14FN3O2. The number of nitrogens with zero attached hydrogens (tertiary/aromatic N) is 3. The number of hydrogen-bond acceptors (Lipinski definition) is 3. The molecule has 112 valence electrons. The molecule has 0 spiro atoms. The van der Waals surface area contributed by atoms with Gasteiger partial charge in [0, 0.05) is 11.8 Å². The highest BCUT2D eigenvalue weighted by Crippen LogP contribution is 2.35. The molecule has 1 amide bonds. The number of amides is 1. The third kappa shape index (κ3) is 2.21. The van der Waals surface area contributed by atoms with Crippen molar-refractivity contribution in [3.63, 3.8) is 0 Å². The molecule has 5 nitrogen and oxygen atoms in total. The van der Waals surface area contributed by atoms with Crippen LogP contribution in [0.15, 0.2) is 18.2 Å². The summed E-state index contributed by atoms with van der Waals surface area (Å²) in [5.41, 5.74) is 2.29. The molecule has 0 fully saturated rings. The van der Waals surface area contributed by atoms with Gasteiger partial charge in [0.15, 0.2) is 12.4 Å². The van der Waals surface area contributed by atoms with Gasteiger partial charge in [0.05, 0.1) is 17.9 Å². The number of aryl methyl sites for hydroxylation is 2. The Labute approximate surface area is 127 Å². The zero-order chi connectivity index (χ0) is 15.9. The third-order valence-corrected chi connectivity index (χ3v) is 3.46. The number of ether oxygens (including phenoxy) is 1. The Kier molecular flexibility index (Phi) is 3.33. The lowest BCUT2D eigenvalue weighted by molar-refractivity contribution is -0.121. The van der Waals surface area contributed by atoms with Crippen LogP contribution in [0, 0.1) is 32.0 Å². The van der Waals surface area contributed by atoms with E-state index in [-0.39, 0.29) is 24.7 Å². The molecule has 0 saturated heterocycles. The van der Waals surface area contributed by atoms with Gasteiger partial charge in [-0.1, -0.05) is 5.92 Å². The summed E-state index contributed by atoms with van der Waals surface area (Å²) in [6, 6.07) is 4.65. The summed E-state index contributed by atoms with van der Waals surface area (Å²) in [6.45, 7) is 3.63. The SMILES string of the molecule is C#CCN1C(=O)COc2cc(F)c(-n3nc(C)cc3C)cc21. The molecule has 1 aromatic heterocycles. The standard InChI is InChI=1S/C16H14FN3O2/c1-4-5-19-14-8-13(20-11(3)6-10(2)18-20)12(17)7-15(14)22-9-16(19)21/h1,6-8H,5,9H2,2-3H3. The predicted octanol–water partition coefficient (Wildman–Crippen LogP) is 1.99. The second-order valence-electron chi connectivity index (χ2n) is 5.08. The number of carbonyl (C=O) groups is 1. The van der Waals surface area contributed by atoms with Crippen molar-refractivity contribution >= 4 is 11.6 Å². The molecule has 0 radical (unpaired) electrons. The quantitative estimate of drug-likeness (QED) is 0.797. The molecule has 1 aliphatic rings. The van der Waals surface area contributed by atoms with Gasteiger partial charge in [0.2, 0.25) is 0 Å². The van der Waals surface area contributed by atoms with E-state index in [1.165, 1.54) is 15.6 Å². The van der Waals surface area contributed by atoms with Crippen LogP contribution in [-0.4, -0.2) is 28.8 Å². The number of anilines is 1. The lowest BCUT2D eigenvalue weighted by Crippen LogP contribution is -2.39. The molecule has 1 aliphatic heterocycles. The first-order chi connectivity index (χ1) is 10.5. The maximum atomic E-state index is 14.4. The fourth-order valence-electron chi connectivity index (χ4n) is 2.51. The Bertz CT molecular complexity index is 804. The Morgan fingerprint density at radius 1 is 1.36 bits per heavy atom. The summed E-state index contributed by atoms with van der Waals surface area (Å²) in [5, 5.41) is 4.27. The Morgan fingerprint density at radius 3 is 2.77 bits per heavy atom. The van der Waals surface area contributed by atoms with Crippen LogP contribution < -0.4 is 9.64 Å². The molecule has 0 saturated carbocycles. The van der Waals surface area contributed by atoms with Crippen LogP contribution in [0.3, 0.4) is 0 Å². The number of fused-ring (bicyclic) bond motifs is 1. The molecule has 2 heterocycles. The second kappa shape index (κ2) is 5.19. The molecule has 0 bridgehead atoms. The van der Waals surface area contributed by atoms with Gasteiger partial charge >= 0.3 is 0 Å². The number of benzene rings is 1. The topological polar surface area (TPSA) is 47.4 Å².